The number of hydrogen-bond acceptors (Lipinski definition) is 6. The molecule has 4 rings (SSSR count). The van der Waals surface area contributed by atoms with E-state index in [0.717, 1.165) is 34.4 Å². The van der Waals surface area contributed by atoms with Crippen molar-refractivity contribution in [3.8, 4) is 0 Å². The fourth-order valence-electron chi connectivity index (χ4n) is 3.75. The lowest BCUT2D eigenvalue weighted by atomic mass is 10.1. The normalized spacial score (nSPS) is 13.6. The Balaban J connectivity index is 1.67. The number of amides is 3. The smallest absolute Gasteiger partial charge is 0.325 e. The maximum absolute atomic E-state index is 12.8. The Hall–Kier alpha value is -3.59. The van der Waals surface area contributed by atoms with Crippen LogP contribution in [-0.4, -0.2) is 46.8 Å². The van der Waals surface area contributed by atoms with Gasteiger partial charge in [-0.25, -0.2) is 0 Å². The second kappa shape index (κ2) is 9.50. The van der Waals surface area contributed by atoms with E-state index in [0.29, 0.717) is 4.80 Å². The minimum atomic E-state index is -0.652. The highest BCUT2D eigenvalue weighted by Crippen LogP contribution is 2.23. The van der Waals surface area contributed by atoms with E-state index in [9.17, 15) is 19.2 Å². The molecule has 0 atom stereocenters. The standard InChI is InChI=1S/C24H23N3O5S/c1-3-4-7-15-10-11-18-19(12-15)33-24(26(18)14-21(29)32-2)25-20(28)13-27-22(30)16-8-5-6-9-17(16)23(27)31/h5-6,8-12H,3-4,7,13-14H2,1-2H3. The highest BCUT2D eigenvalue weighted by molar-refractivity contribution is 7.16. The monoisotopic (exact) mass is 465 g/mol. The Bertz CT molecular complexity index is 1300. The summed E-state index contributed by atoms with van der Waals surface area (Å²) in [5, 5.41) is 0. The molecule has 0 aliphatic carbocycles. The first kappa shape index (κ1) is 22.6. The second-order valence-electron chi connectivity index (χ2n) is 7.70. The first-order chi connectivity index (χ1) is 15.9. The number of aryl methyl sites for hydroxylation is 1. The van der Waals surface area contributed by atoms with Crippen LogP contribution in [0.5, 0.6) is 0 Å². The number of fused-ring (bicyclic) bond motifs is 2. The molecule has 8 nitrogen and oxygen atoms in total. The molecule has 3 amide bonds. The summed E-state index contributed by atoms with van der Waals surface area (Å²) in [6, 6.07) is 12.4. The first-order valence-corrected chi connectivity index (χ1v) is 11.5. The van der Waals surface area contributed by atoms with Gasteiger partial charge in [0.15, 0.2) is 4.80 Å². The van der Waals surface area contributed by atoms with Crippen LogP contribution in [-0.2, 0) is 27.3 Å². The Kier molecular flexibility index (Phi) is 6.50. The van der Waals surface area contributed by atoms with Gasteiger partial charge in [-0.05, 0) is 42.7 Å². The molecule has 0 N–H and O–H groups in total. The number of methoxy groups -OCH3 is 1. The molecule has 0 saturated heterocycles. The molecule has 9 heteroatoms. The number of carbonyl (C=O) groups excluding carboxylic acids is 4. The molecule has 2 heterocycles. The van der Waals surface area contributed by atoms with Crippen LogP contribution in [0.2, 0.25) is 0 Å². The topological polar surface area (TPSA) is 98.0 Å². The van der Waals surface area contributed by atoms with Gasteiger partial charge in [0, 0.05) is 0 Å². The number of thiazole rings is 1. The maximum Gasteiger partial charge on any atom is 0.325 e. The summed E-state index contributed by atoms with van der Waals surface area (Å²) in [6.07, 6.45) is 3.08. The number of unbranched alkanes of at least 4 members (excludes halogenated alkanes) is 1. The molecule has 0 fully saturated rings. The molecular weight excluding hydrogens is 442 g/mol. The zero-order chi connectivity index (χ0) is 23.5. The van der Waals surface area contributed by atoms with E-state index in [1.165, 1.54) is 24.0 Å². The predicted molar refractivity (Wildman–Crippen MR) is 123 cm³/mol. The van der Waals surface area contributed by atoms with Gasteiger partial charge in [-0.1, -0.05) is 42.9 Å². The summed E-state index contributed by atoms with van der Waals surface area (Å²) in [5.41, 5.74) is 2.48. The van der Waals surface area contributed by atoms with E-state index in [1.807, 2.05) is 18.2 Å². The van der Waals surface area contributed by atoms with Crippen LogP contribution in [0.25, 0.3) is 10.2 Å². The Morgan fingerprint density at radius 2 is 1.73 bits per heavy atom. The molecule has 0 unspecified atom stereocenters. The molecule has 0 saturated carbocycles. The van der Waals surface area contributed by atoms with Gasteiger partial charge in [-0.3, -0.25) is 24.1 Å². The van der Waals surface area contributed by atoms with Gasteiger partial charge in [0.2, 0.25) is 0 Å². The number of nitrogens with zero attached hydrogens (tertiary/aromatic N) is 3. The Morgan fingerprint density at radius 1 is 1.03 bits per heavy atom. The molecule has 0 radical (unpaired) electrons. The van der Waals surface area contributed by atoms with Crippen molar-refractivity contribution in [3.63, 3.8) is 0 Å². The van der Waals surface area contributed by atoms with Gasteiger partial charge in [0.25, 0.3) is 17.7 Å². The third-order valence-electron chi connectivity index (χ3n) is 5.47. The van der Waals surface area contributed by atoms with Crippen molar-refractivity contribution < 1.29 is 23.9 Å². The largest absolute Gasteiger partial charge is 0.468 e. The van der Waals surface area contributed by atoms with E-state index >= 15 is 0 Å². The number of hydrogen-bond donors (Lipinski definition) is 0. The summed E-state index contributed by atoms with van der Waals surface area (Å²) < 4.78 is 7.31. The zero-order valence-electron chi connectivity index (χ0n) is 18.4. The van der Waals surface area contributed by atoms with Crippen molar-refractivity contribution in [1.82, 2.24) is 9.47 Å². The van der Waals surface area contributed by atoms with Crippen molar-refractivity contribution in [2.24, 2.45) is 4.99 Å². The van der Waals surface area contributed by atoms with Crippen LogP contribution in [0.15, 0.2) is 47.5 Å². The quantitative estimate of drug-likeness (QED) is 0.395. The summed E-state index contributed by atoms with van der Waals surface area (Å²) in [5.74, 6) is -2.16. The third-order valence-corrected chi connectivity index (χ3v) is 6.51. The summed E-state index contributed by atoms with van der Waals surface area (Å²) in [4.78, 5) is 55.3. The zero-order valence-corrected chi connectivity index (χ0v) is 19.2. The SMILES string of the molecule is CCCCc1ccc2c(c1)sc(=NC(=O)CN1C(=O)c3ccccc3C1=O)n2CC(=O)OC. The molecule has 0 bridgehead atoms. The van der Waals surface area contributed by atoms with Crippen LogP contribution in [0.3, 0.4) is 0 Å². The fourth-order valence-corrected chi connectivity index (χ4v) is 4.86. The Labute approximate surface area is 194 Å². The molecule has 1 aliphatic rings. The van der Waals surface area contributed by atoms with Crippen LogP contribution in [0.1, 0.15) is 46.0 Å². The van der Waals surface area contributed by atoms with Crippen LogP contribution >= 0.6 is 11.3 Å². The van der Waals surface area contributed by atoms with Crippen molar-refractivity contribution in [1.29, 1.82) is 0 Å². The highest BCUT2D eigenvalue weighted by atomic mass is 32.1. The highest BCUT2D eigenvalue weighted by Gasteiger charge is 2.36. The minimum Gasteiger partial charge on any atom is -0.468 e. The molecule has 3 aromatic rings. The van der Waals surface area contributed by atoms with Gasteiger partial charge in [0.1, 0.15) is 13.1 Å². The van der Waals surface area contributed by atoms with E-state index in [1.54, 1.807) is 28.8 Å². The summed E-state index contributed by atoms with van der Waals surface area (Å²) >= 11 is 1.28. The number of rotatable bonds is 7. The minimum absolute atomic E-state index is 0.107. The second-order valence-corrected chi connectivity index (χ2v) is 8.71. The maximum atomic E-state index is 12.8. The van der Waals surface area contributed by atoms with Crippen molar-refractivity contribution in [3.05, 3.63) is 64.0 Å². The third kappa shape index (κ3) is 4.49. The summed E-state index contributed by atoms with van der Waals surface area (Å²) in [6.45, 7) is 1.55. The van der Waals surface area contributed by atoms with Crippen molar-refractivity contribution in [2.75, 3.05) is 13.7 Å². The van der Waals surface area contributed by atoms with Crippen molar-refractivity contribution in [2.45, 2.75) is 32.7 Å². The van der Waals surface area contributed by atoms with Crippen LogP contribution in [0.4, 0.5) is 0 Å². The lowest BCUT2D eigenvalue weighted by Gasteiger charge is -2.10. The molecule has 33 heavy (non-hydrogen) atoms. The van der Waals surface area contributed by atoms with E-state index in [2.05, 4.69) is 11.9 Å². The Morgan fingerprint density at radius 3 is 2.36 bits per heavy atom. The number of carbonyl (C=O) groups is 4. The van der Waals surface area contributed by atoms with Gasteiger partial charge < -0.3 is 9.30 Å². The van der Waals surface area contributed by atoms with Gasteiger partial charge in [-0.2, -0.15) is 4.99 Å². The number of benzene rings is 2. The first-order valence-electron chi connectivity index (χ1n) is 10.6. The molecular formula is C24H23N3O5S. The van der Waals surface area contributed by atoms with Crippen LogP contribution in [0, 0.1) is 0 Å². The predicted octanol–water partition coefficient (Wildman–Crippen LogP) is 2.94. The fraction of sp³-hybridized carbons (Fsp3) is 0.292. The molecule has 2 aromatic carbocycles. The van der Waals surface area contributed by atoms with E-state index < -0.39 is 30.2 Å². The van der Waals surface area contributed by atoms with Crippen LogP contribution < -0.4 is 4.80 Å². The lowest BCUT2D eigenvalue weighted by molar-refractivity contribution is -0.141. The molecule has 1 aromatic heterocycles. The molecule has 1 aliphatic heterocycles. The molecule has 170 valence electrons. The number of imide groups is 1. The summed E-state index contributed by atoms with van der Waals surface area (Å²) in [7, 11) is 1.30. The van der Waals surface area contributed by atoms with Gasteiger partial charge in [-0.15, -0.1) is 0 Å². The van der Waals surface area contributed by atoms with Gasteiger partial charge >= 0.3 is 5.97 Å². The van der Waals surface area contributed by atoms with E-state index in [-0.39, 0.29) is 17.7 Å². The number of ether oxygens (including phenoxy) is 1. The number of esters is 1. The van der Waals surface area contributed by atoms with Crippen molar-refractivity contribution >= 4 is 45.2 Å². The molecule has 0 spiro atoms. The lowest BCUT2D eigenvalue weighted by Crippen LogP contribution is -2.35. The average molecular weight is 466 g/mol. The van der Waals surface area contributed by atoms with Gasteiger partial charge in [0.05, 0.1) is 28.5 Å². The number of aromatic nitrogens is 1. The average Bonchev–Trinajstić information content (AvgIpc) is 3.27. The van der Waals surface area contributed by atoms with E-state index in [4.69, 9.17) is 4.74 Å².